The van der Waals surface area contributed by atoms with E-state index in [1.807, 2.05) is 13.0 Å². The monoisotopic (exact) mass is 236 g/mol. The Bertz CT molecular complexity index is 318. The average molecular weight is 236 g/mol. The second-order valence-corrected chi connectivity index (χ2v) is 5.66. The minimum Gasteiger partial charge on any atom is -0.353 e. The molecule has 2 heteroatoms. The third-order valence-corrected chi connectivity index (χ3v) is 4.19. The van der Waals surface area contributed by atoms with Crippen molar-refractivity contribution in [3.63, 3.8) is 0 Å². The van der Waals surface area contributed by atoms with Crippen molar-refractivity contribution in [2.75, 3.05) is 13.2 Å². The molecule has 2 fully saturated rings. The molecule has 0 radical (unpaired) electrons. The molecule has 0 aromatic carbocycles. The normalized spacial score (nSPS) is 31.6. The van der Waals surface area contributed by atoms with Gasteiger partial charge in [0.2, 0.25) is 0 Å². The predicted molar refractivity (Wildman–Crippen MR) is 68.7 cm³/mol. The van der Waals surface area contributed by atoms with Gasteiger partial charge in [0, 0.05) is 6.61 Å². The Morgan fingerprint density at radius 1 is 1.47 bits per heavy atom. The molecule has 0 aromatic rings. The molecule has 1 aliphatic carbocycles. The Balaban J connectivity index is 1.79. The molecule has 2 rings (SSSR count). The first-order valence-corrected chi connectivity index (χ1v) is 6.78. The van der Waals surface area contributed by atoms with Crippen LogP contribution >= 0.6 is 0 Å². The lowest BCUT2D eigenvalue weighted by atomic mass is 9.59. The smallest absolute Gasteiger partial charge is 0.157 e. The molecule has 1 heterocycles. The Kier molecular flexibility index (Phi) is 4.09. The van der Waals surface area contributed by atoms with Crippen molar-refractivity contribution in [3.8, 4) is 0 Å². The third kappa shape index (κ3) is 2.82. The number of rotatable bonds is 3. The standard InChI is InChI=1S/C15H24O2/c1-4-7-12-10-13(15(12,2)3)11-17-14-8-5-6-9-16-14/h4,13-14H,5-6,8-11H2,1-3H3. The van der Waals surface area contributed by atoms with E-state index in [1.165, 1.54) is 18.4 Å². The van der Waals surface area contributed by atoms with E-state index in [0.717, 1.165) is 26.1 Å². The number of ether oxygens (including phenoxy) is 2. The second kappa shape index (κ2) is 5.39. The summed E-state index contributed by atoms with van der Waals surface area (Å²) in [6.07, 6.45) is 6.67. The van der Waals surface area contributed by atoms with Gasteiger partial charge in [0.25, 0.3) is 0 Å². The van der Waals surface area contributed by atoms with Gasteiger partial charge >= 0.3 is 0 Å². The van der Waals surface area contributed by atoms with Crippen LogP contribution in [0.3, 0.4) is 0 Å². The molecule has 2 nitrogen and oxygen atoms in total. The van der Waals surface area contributed by atoms with E-state index < -0.39 is 0 Å². The molecule has 1 saturated heterocycles. The first-order chi connectivity index (χ1) is 8.14. The third-order valence-electron chi connectivity index (χ3n) is 4.19. The van der Waals surface area contributed by atoms with Gasteiger partial charge < -0.3 is 9.47 Å². The van der Waals surface area contributed by atoms with E-state index in [4.69, 9.17) is 9.47 Å². The Hall–Kier alpha value is -0.560. The number of hydrogen-bond donors (Lipinski definition) is 0. The van der Waals surface area contributed by atoms with Gasteiger partial charge in [0.15, 0.2) is 6.29 Å². The number of hydrogen-bond acceptors (Lipinski definition) is 2. The largest absolute Gasteiger partial charge is 0.353 e. The zero-order valence-corrected chi connectivity index (χ0v) is 11.3. The molecule has 2 atom stereocenters. The molecule has 0 amide bonds. The highest BCUT2D eigenvalue weighted by atomic mass is 16.7. The molecule has 96 valence electrons. The maximum Gasteiger partial charge on any atom is 0.157 e. The van der Waals surface area contributed by atoms with Crippen molar-refractivity contribution >= 4 is 0 Å². The van der Waals surface area contributed by atoms with Gasteiger partial charge in [-0.1, -0.05) is 13.8 Å². The molecule has 0 spiro atoms. The highest BCUT2D eigenvalue weighted by molar-refractivity contribution is 5.23. The minimum absolute atomic E-state index is 0.0503. The Morgan fingerprint density at radius 3 is 2.88 bits per heavy atom. The van der Waals surface area contributed by atoms with E-state index in [2.05, 4.69) is 19.6 Å². The maximum atomic E-state index is 5.88. The quantitative estimate of drug-likeness (QED) is 0.696. The lowest BCUT2D eigenvalue weighted by Gasteiger charge is -2.46. The Morgan fingerprint density at radius 2 is 2.29 bits per heavy atom. The molecule has 0 N–H and O–H groups in total. The van der Waals surface area contributed by atoms with Gasteiger partial charge in [-0.05, 0) is 55.6 Å². The SMILES string of the molecule is CC=C=C1CC(COC2CCCCO2)C1(C)C. The van der Waals surface area contributed by atoms with Crippen molar-refractivity contribution in [3.05, 3.63) is 17.4 Å². The molecular formula is C15H24O2. The fraction of sp³-hybridized carbons (Fsp3) is 0.800. The number of allylic oxidation sites excluding steroid dienone is 1. The van der Waals surface area contributed by atoms with Crippen LogP contribution in [-0.2, 0) is 9.47 Å². The van der Waals surface area contributed by atoms with E-state index in [9.17, 15) is 0 Å². The zero-order valence-electron chi connectivity index (χ0n) is 11.3. The van der Waals surface area contributed by atoms with Crippen molar-refractivity contribution in [1.82, 2.24) is 0 Å². The maximum absolute atomic E-state index is 5.88. The summed E-state index contributed by atoms with van der Waals surface area (Å²) in [4.78, 5) is 0. The second-order valence-electron chi connectivity index (χ2n) is 5.66. The highest BCUT2D eigenvalue weighted by Crippen LogP contribution is 2.50. The summed E-state index contributed by atoms with van der Waals surface area (Å²) in [6, 6.07) is 0. The average Bonchev–Trinajstić information content (AvgIpc) is 2.34. The zero-order chi connectivity index (χ0) is 12.3. The first-order valence-electron chi connectivity index (χ1n) is 6.78. The molecule has 17 heavy (non-hydrogen) atoms. The molecule has 2 unspecified atom stereocenters. The van der Waals surface area contributed by atoms with Crippen molar-refractivity contribution in [2.24, 2.45) is 11.3 Å². The topological polar surface area (TPSA) is 18.5 Å². The first kappa shape index (κ1) is 12.9. The predicted octanol–water partition coefficient (Wildman–Crippen LogP) is 3.68. The van der Waals surface area contributed by atoms with Crippen LogP contribution in [-0.4, -0.2) is 19.5 Å². The van der Waals surface area contributed by atoms with E-state index >= 15 is 0 Å². The fourth-order valence-corrected chi connectivity index (χ4v) is 2.63. The molecule has 0 bridgehead atoms. The summed E-state index contributed by atoms with van der Waals surface area (Å²) in [5.41, 5.74) is 5.03. The molecule has 0 aromatic heterocycles. The summed E-state index contributed by atoms with van der Waals surface area (Å²) in [5, 5.41) is 0. The van der Waals surface area contributed by atoms with Gasteiger partial charge in [-0.2, -0.15) is 0 Å². The van der Waals surface area contributed by atoms with Crippen LogP contribution in [0.15, 0.2) is 17.4 Å². The van der Waals surface area contributed by atoms with Gasteiger partial charge in [-0.3, -0.25) is 0 Å². The van der Waals surface area contributed by atoms with Gasteiger partial charge in [-0.15, -0.1) is 5.73 Å². The van der Waals surface area contributed by atoms with E-state index in [1.54, 1.807) is 0 Å². The van der Waals surface area contributed by atoms with E-state index in [-0.39, 0.29) is 11.7 Å². The van der Waals surface area contributed by atoms with Crippen molar-refractivity contribution in [1.29, 1.82) is 0 Å². The molecule has 2 aliphatic rings. The van der Waals surface area contributed by atoms with E-state index in [0.29, 0.717) is 5.92 Å². The molecular weight excluding hydrogens is 212 g/mol. The van der Waals surface area contributed by atoms with Crippen LogP contribution in [0.25, 0.3) is 0 Å². The minimum atomic E-state index is 0.0503. The van der Waals surface area contributed by atoms with Crippen LogP contribution in [0.2, 0.25) is 0 Å². The van der Waals surface area contributed by atoms with Gasteiger partial charge in [0.05, 0.1) is 6.61 Å². The van der Waals surface area contributed by atoms with Crippen LogP contribution in [0.1, 0.15) is 46.5 Å². The summed E-state index contributed by atoms with van der Waals surface area (Å²) in [6.45, 7) is 8.30. The Labute approximate surface area is 105 Å². The van der Waals surface area contributed by atoms with Crippen LogP contribution in [0.4, 0.5) is 0 Å². The van der Waals surface area contributed by atoms with Gasteiger partial charge in [-0.25, -0.2) is 0 Å². The molecule has 1 saturated carbocycles. The van der Waals surface area contributed by atoms with Crippen LogP contribution < -0.4 is 0 Å². The summed E-state index contributed by atoms with van der Waals surface area (Å²) < 4.78 is 11.5. The van der Waals surface area contributed by atoms with Crippen LogP contribution in [0.5, 0.6) is 0 Å². The highest BCUT2D eigenvalue weighted by Gasteiger charge is 2.43. The lowest BCUT2D eigenvalue weighted by Crippen LogP contribution is -2.41. The lowest BCUT2D eigenvalue weighted by molar-refractivity contribution is -0.177. The van der Waals surface area contributed by atoms with Crippen molar-refractivity contribution in [2.45, 2.75) is 52.7 Å². The van der Waals surface area contributed by atoms with Crippen LogP contribution in [0, 0.1) is 11.3 Å². The summed E-state index contributed by atoms with van der Waals surface area (Å²) in [5.74, 6) is 0.621. The molecule has 1 aliphatic heterocycles. The van der Waals surface area contributed by atoms with Crippen molar-refractivity contribution < 1.29 is 9.47 Å². The fourth-order valence-electron chi connectivity index (χ4n) is 2.63. The van der Waals surface area contributed by atoms with Gasteiger partial charge in [0.1, 0.15) is 0 Å². The summed E-state index contributed by atoms with van der Waals surface area (Å²) >= 11 is 0. The summed E-state index contributed by atoms with van der Waals surface area (Å²) in [7, 11) is 0.